The summed E-state index contributed by atoms with van der Waals surface area (Å²) in [5, 5.41) is 0. The van der Waals surface area contributed by atoms with E-state index >= 15 is 0 Å². The lowest BCUT2D eigenvalue weighted by molar-refractivity contribution is 0.861. The van der Waals surface area contributed by atoms with Crippen molar-refractivity contribution in [3.63, 3.8) is 0 Å². The van der Waals surface area contributed by atoms with Gasteiger partial charge in [0.2, 0.25) is 0 Å². The molecule has 2 radical (unpaired) electrons. The standard InChI is InChI=1S/C12H18BN/c1-3-4-10-6-5-9(2)7-11(10)12(13)8-14/h5-7,12H,3-4,8,14H2,1-2H3. The van der Waals surface area contributed by atoms with Crippen molar-refractivity contribution in [1.29, 1.82) is 0 Å². The second-order valence-electron chi connectivity index (χ2n) is 3.79. The fraction of sp³-hybridized carbons (Fsp3) is 0.500. The summed E-state index contributed by atoms with van der Waals surface area (Å²) in [4.78, 5) is 0. The third-order valence-corrected chi connectivity index (χ3v) is 2.47. The highest BCUT2D eigenvalue weighted by Gasteiger charge is 2.08. The first-order valence-electron chi connectivity index (χ1n) is 5.24. The lowest BCUT2D eigenvalue weighted by Crippen LogP contribution is -2.14. The molecule has 1 aromatic rings. The van der Waals surface area contributed by atoms with Gasteiger partial charge in [0.25, 0.3) is 0 Å². The predicted molar refractivity (Wildman–Crippen MR) is 62.7 cm³/mol. The van der Waals surface area contributed by atoms with Crippen molar-refractivity contribution >= 4 is 7.85 Å². The molecule has 0 spiro atoms. The third kappa shape index (κ3) is 2.61. The van der Waals surface area contributed by atoms with Gasteiger partial charge < -0.3 is 5.73 Å². The van der Waals surface area contributed by atoms with E-state index in [1.165, 1.54) is 16.7 Å². The second-order valence-corrected chi connectivity index (χ2v) is 3.79. The van der Waals surface area contributed by atoms with Crippen LogP contribution in [0, 0.1) is 6.92 Å². The van der Waals surface area contributed by atoms with Crippen LogP contribution in [-0.4, -0.2) is 14.4 Å². The van der Waals surface area contributed by atoms with E-state index in [1.807, 2.05) is 0 Å². The molecule has 0 saturated heterocycles. The molecule has 1 rings (SSSR count). The fourth-order valence-corrected chi connectivity index (χ4v) is 1.68. The molecule has 0 aliphatic rings. The van der Waals surface area contributed by atoms with Crippen molar-refractivity contribution in [3.8, 4) is 0 Å². The molecule has 2 N–H and O–H groups in total. The molecule has 74 valence electrons. The van der Waals surface area contributed by atoms with Gasteiger partial charge in [-0.15, -0.1) is 0 Å². The van der Waals surface area contributed by atoms with Crippen LogP contribution in [0.2, 0.25) is 0 Å². The van der Waals surface area contributed by atoms with Gasteiger partial charge in [0.15, 0.2) is 0 Å². The molecule has 0 aliphatic heterocycles. The van der Waals surface area contributed by atoms with Gasteiger partial charge in [-0.2, -0.15) is 0 Å². The maximum absolute atomic E-state index is 5.97. The summed E-state index contributed by atoms with van der Waals surface area (Å²) >= 11 is 0. The highest BCUT2D eigenvalue weighted by atomic mass is 14.5. The van der Waals surface area contributed by atoms with Crippen molar-refractivity contribution in [2.75, 3.05) is 6.54 Å². The maximum atomic E-state index is 5.97. The molecule has 1 atom stereocenters. The fourth-order valence-electron chi connectivity index (χ4n) is 1.68. The average Bonchev–Trinajstić information content (AvgIpc) is 2.20. The molecule has 0 amide bonds. The van der Waals surface area contributed by atoms with E-state index in [0.717, 1.165) is 12.8 Å². The zero-order valence-corrected chi connectivity index (χ0v) is 9.09. The van der Waals surface area contributed by atoms with E-state index in [-0.39, 0.29) is 5.82 Å². The number of aryl methyl sites for hydroxylation is 2. The molecule has 0 heterocycles. The average molecular weight is 187 g/mol. The van der Waals surface area contributed by atoms with E-state index in [2.05, 4.69) is 32.0 Å². The number of rotatable bonds is 4. The molecule has 0 aliphatic carbocycles. The second kappa shape index (κ2) is 5.21. The van der Waals surface area contributed by atoms with E-state index in [4.69, 9.17) is 13.6 Å². The zero-order valence-electron chi connectivity index (χ0n) is 9.09. The van der Waals surface area contributed by atoms with Crippen molar-refractivity contribution in [2.24, 2.45) is 5.73 Å². The van der Waals surface area contributed by atoms with Crippen molar-refractivity contribution < 1.29 is 0 Å². The first-order chi connectivity index (χ1) is 6.69. The van der Waals surface area contributed by atoms with Gasteiger partial charge in [-0.25, -0.2) is 0 Å². The summed E-state index contributed by atoms with van der Waals surface area (Å²) in [7, 11) is 5.97. The Bertz CT molecular complexity index is 296. The van der Waals surface area contributed by atoms with E-state index in [1.54, 1.807) is 0 Å². The third-order valence-electron chi connectivity index (χ3n) is 2.47. The van der Waals surface area contributed by atoms with Crippen LogP contribution in [0.5, 0.6) is 0 Å². The minimum atomic E-state index is -0.0172. The van der Waals surface area contributed by atoms with Crippen LogP contribution in [0.1, 0.15) is 35.9 Å². The van der Waals surface area contributed by atoms with Crippen LogP contribution in [0.3, 0.4) is 0 Å². The summed E-state index contributed by atoms with van der Waals surface area (Å²) in [5.41, 5.74) is 9.41. The molecule has 0 bridgehead atoms. The minimum Gasteiger partial charge on any atom is -0.331 e. The molecule has 1 unspecified atom stereocenters. The lowest BCUT2D eigenvalue weighted by Gasteiger charge is -2.15. The Labute approximate surface area is 88.1 Å². The van der Waals surface area contributed by atoms with Gasteiger partial charge in [0.1, 0.15) is 0 Å². The summed E-state index contributed by atoms with van der Waals surface area (Å²) in [6.45, 7) is 4.78. The van der Waals surface area contributed by atoms with E-state index in [9.17, 15) is 0 Å². The Morgan fingerprint density at radius 3 is 2.71 bits per heavy atom. The molecule has 14 heavy (non-hydrogen) atoms. The van der Waals surface area contributed by atoms with Gasteiger partial charge in [-0.05, 0) is 36.8 Å². The predicted octanol–water partition coefficient (Wildman–Crippen LogP) is 2.12. The Morgan fingerprint density at radius 2 is 2.14 bits per heavy atom. The Balaban J connectivity index is 3.02. The summed E-state index contributed by atoms with van der Waals surface area (Å²) in [5.74, 6) is -0.0172. The summed E-state index contributed by atoms with van der Waals surface area (Å²) in [6.07, 6.45) is 2.23. The summed E-state index contributed by atoms with van der Waals surface area (Å²) < 4.78 is 0. The van der Waals surface area contributed by atoms with Crippen LogP contribution >= 0.6 is 0 Å². The highest BCUT2D eigenvalue weighted by molar-refractivity contribution is 6.12. The SMILES string of the molecule is [B]C(CN)c1cc(C)ccc1CCC. The zero-order chi connectivity index (χ0) is 10.6. The molecule has 2 heteroatoms. The van der Waals surface area contributed by atoms with Crippen LogP contribution in [0.4, 0.5) is 0 Å². The smallest absolute Gasteiger partial charge is 0.0781 e. The minimum absolute atomic E-state index is 0.0172. The summed E-state index contributed by atoms with van der Waals surface area (Å²) in [6, 6.07) is 6.46. The quantitative estimate of drug-likeness (QED) is 0.717. The highest BCUT2D eigenvalue weighted by Crippen LogP contribution is 2.20. The molecule has 0 aromatic heterocycles. The molecular formula is C12H18BN. The number of hydrogen-bond acceptors (Lipinski definition) is 1. The van der Waals surface area contributed by atoms with Crippen LogP contribution in [0.15, 0.2) is 18.2 Å². The molecule has 1 nitrogen and oxygen atoms in total. The van der Waals surface area contributed by atoms with Gasteiger partial charge >= 0.3 is 0 Å². The van der Waals surface area contributed by atoms with Gasteiger partial charge in [-0.3, -0.25) is 0 Å². The van der Waals surface area contributed by atoms with Gasteiger partial charge in [0, 0.05) is 0 Å². The normalized spacial score (nSPS) is 12.8. The Kier molecular flexibility index (Phi) is 4.21. The number of benzene rings is 1. The van der Waals surface area contributed by atoms with E-state index in [0.29, 0.717) is 6.54 Å². The Morgan fingerprint density at radius 1 is 1.43 bits per heavy atom. The van der Waals surface area contributed by atoms with Crippen LogP contribution in [0.25, 0.3) is 0 Å². The largest absolute Gasteiger partial charge is 0.331 e. The lowest BCUT2D eigenvalue weighted by atomic mass is 9.78. The van der Waals surface area contributed by atoms with Crippen molar-refractivity contribution in [1.82, 2.24) is 0 Å². The van der Waals surface area contributed by atoms with Crippen molar-refractivity contribution in [2.45, 2.75) is 32.5 Å². The monoisotopic (exact) mass is 187 g/mol. The van der Waals surface area contributed by atoms with Gasteiger partial charge in [0.05, 0.1) is 7.85 Å². The van der Waals surface area contributed by atoms with Crippen LogP contribution in [-0.2, 0) is 6.42 Å². The first kappa shape index (κ1) is 11.3. The van der Waals surface area contributed by atoms with E-state index < -0.39 is 0 Å². The number of nitrogens with two attached hydrogens (primary N) is 1. The Hall–Kier alpha value is -0.755. The first-order valence-corrected chi connectivity index (χ1v) is 5.24. The number of hydrogen-bond donors (Lipinski definition) is 1. The molecule has 0 saturated carbocycles. The molecule has 1 aromatic carbocycles. The maximum Gasteiger partial charge on any atom is 0.0781 e. The molecule has 0 fully saturated rings. The van der Waals surface area contributed by atoms with Crippen molar-refractivity contribution in [3.05, 3.63) is 34.9 Å². The van der Waals surface area contributed by atoms with Crippen LogP contribution < -0.4 is 5.73 Å². The van der Waals surface area contributed by atoms with Gasteiger partial charge in [-0.1, -0.05) is 37.1 Å². The topological polar surface area (TPSA) is 26.0 Å². The molecular weight excluding hydrogens is 169 g/mol.